The van der Waals surface area contributed by atoms with Gasteiger partial charge in [-0.25, -0.2) is 4.98 Å². The zero-order valence-electron chi connectivity index (χ0n) is 11.0. The Kier molecular flexibility index (Phi) is 4.77. The van der Waals surface area contributed by atoms with E-state index in [0.717, 1.165) is 28.1 Å². The summed E-state index contributed by atoms with van der Waals surface area (Å²) in [5, 5.41) is 0. The number of halogens is 1. The number of hydrogen-bond donors (Lipinski definition) is 1. The molecule has 1 heterocycles. The van der Waals surface area contributed by atoms with Crippen molar-refractivity contribution in [2.45, 2.75) is 38.0 Å². The van der Waals surface area contributed by atoms with Gasteiger partial charge >= 0.3 is 0 Å². The van der Waals surface area contributed by atoms with Crippen LogP contribution in [0.3, 0.4) is 0 Å². The van der Waals surface area contributed by atoms with Gasteiger partial charge in [-0.2, -0.15) is 0 Å². The number of nitrogens with one attached hydrogen (secondary N) is 1. The van der Waals surface area contributed by atoms with E-state index in [1.165, 1.54) is 25.7 Å². The minimum Gasteiger partial charge on any atom is -0.310 e. The SMILES string of the molecule is CN(C)CCc1nc(C2CCCC2)c(I)c(=O)[nH]1. The van der Waals surface area contributed by atoms with E-state index in [2.05, 4.69) is 32.5 Å². The highest BCUT2D eigenvalue weighted by Crippen LogP contribution is 2.34. The van der Waals surface area contributed by atoms with Gasteiger partial charge in [0.15, 0.2) is 0 Å². The number of rotatable bonds is 4. The van der Waals surface area contributed by atoms with Crippen LogP contribution in [-0.4, -0.2) is 35.5 Å². The van der Waals surface area contributed by atoms with Crippen molar-refractivity contribution in [1.82, 2.24) is 14.9 Å². The van der Waals surface area contributed by atoms with Crippen LogP contribution in [0.1, 0.15) is 43.1 Å². The van der Waals surface area contributed by atoms with Crippen molar-refractivity contribution in [3.05, 3.63) is 25.4 Å². The Morgan fingerprint density at radius 1 is 1.39 bits per heavy atom. The van der Waals surface area contributed by atoms with E-state index >= 15 is 0 Å². The molecule has 1 aliphatic carbocycles. The van der Waals surface area contributed by atoms with E-state index in [4.69, 9.17) is 4.98 Å². The first kappa shape index (κ1) is 14.0. The molecule has 0 radical (unpaired) electrons. The lowest BCUT2D eigenvalue weighted by atomic mass is 10.0. The molecule has 0 aliphatic heterocycles. The van der Waals surface area contributed by atoms with Crippen LogP contribution in [0, 0.1) is 3.57 Å². The van der Waals surface area contributed by atoms with Crippen molar-refractivity contribution in [3.8, 4) is 0 Å². The maximum Gasteiger partial charge on any atom is 0.264 e. The third-order valence-electron chi connectivity index (χ3n) is 3.48. The van der Waals surface area contributed by atoms with E-state index in [-0.39, 0.29) is 5.56 Å². The highest BCUT2D eigenvalue weighted by Gasteiger charge is 2.22. The van der Waals surface area contributed by atoms with Crippen LogP contribution in [0.2, 0.25) is 0 Å². The number of nitrogens with zero attached hydrogens (tertiary/aromatic N) is 2. The van der Waals surface area contributed by atoms with Crippen LogP contribution in [0.25, 0.3) is 0 Å². The van der Waals surface area contributed by atoms with Crippen molar-refractivity contribution >= 4 is 22.6 Å². The quantitative estimate of drug-likeness (QED) is 0.836. The molecule has 18 heavy (non-hydrogen) atoms. The number of H-pyrrole nitrogens is 1. The second-order valence-electron chi connectivity index (χ2n) is 5.25. The molecule has 4 nitrogen and oxygen atoms in total. The summed E-state index contributed by atoms with van der Waals surface area (Å²) in [5.74, 6) is 1.33. The molecule has 1 N–H and O–H groups in total. The maximum atomic E-state index is 11.9. The molecule has 100 valence electrons. The molecule has 1 fully saturated rings. The molecule has 0 atom stereocenters. The summed E-state index contributed by atoms with van der Waals surface area (Å²) in [7, 11) is 4.06. The fourth-order valence-electron chi connectivity index (χ4n) is 2.44. The summed E-state index contributed by atoms with van der Waals surface area (Å²) in [4.78, 5) is 21.6. The Hall–Kier alpha value is -0.430. The van der Waals surface area contributed by atoms with Gasteiger partial charge in [0, 0.05) is 18.9 Å². The van der Waals surface area contributed by atoms with Crippen molar-refractivity contribution in [2.75, 3.05) is 20.6 Å². The van der Waals surface area contributed by atoms with Gasteiger partial charge in [0.25, 0.3) is 5.56 Å². The molecule has 1 aliphatic rings. The zero-order valence-corrected chi connectivity index (χ0v) is 13.2. The first-order valence-corrected chi connectivity index (χ1v) is 7.59. The van der Waals surface area contributed by atoms with E-state index in [1.54, 1.807) is 0 Å². The monoisotopic (exact) mass is 361 g/mol. The summed E-state index contributed by atoms with van der Waals surface area (Å²) < 4.78 is 0.785. The summed E-state index contributed by atoms with van der Waals surface area (Å²) in [5.41, 5.74) is 1.06. The van der Waals surface area contributed by atoms with Crippen molar-refractivity contribution in [3.63, 3.8) is 0 Å². The molecular weight excluding hydrogens is 341 g/mol. The van der Waals surface area contributed by atoms with Gasteiger partial charge < -0.3 is 9.88 Å². The molecule has 2 rings (SSSR count). The second-order valence-corrected chi connectivity index (χ2v) is 6.33. The Bertz CT molecular complexity index is 464. The standard InChI is InChI=1S/C13H20IN3O/c1-17(2)8-7-10-15-12(9-5-3-4-6-9)11(14)13(18)16-10/h9H,3-8H2,1-2H3,(H,15,16,18). The lowest BCUT2D eigenvalue weighted by Crippen LogP contribution is -2.23. The average Bonchev–Trinajstić information content (AvgIpc) is 2.84. The first-order valence-electron chi connectivity index (χ1n) is 6.51. The summed E-state index contributed by atoms with van der Waals surface area (Å²) >= 11 is 2.14. The van der Waals surface area contributed by atoms with Crippen molar-refractivity contribution in [1.29, 1.82) is 0 Å². The summed E-state index contributed by atoms with van der Waals surface area (Å²) in [6.07, 6.45) is 5.70. The van der Waals surface area contributed by atoms with Gasteiger partial charge in [-0.15, -0.1) is 0 Å². The highest BCUT2D eigenvalue weighted by molar-refractivity contribution is 14.1. The van der Waals surface area contributed by atoms with Crippen LogP contribution < -0.4 is 5.56 Å². The van der Waals surface area contributed by atoms with Gasteiger partial charge in [0.05, 0.1) is 9.26 Å². The number of hydrogen-bond acceptors (Lipinski definition) is 3. The Morgan fingerprint density at radius 2 is 2.06 bits per heavy atom. The van der Waals surface area contributed by atoms with E-state index in [9.17, 15) is 4.79 Å². The normalized spacial score (nSPS) is 16.7. The van der Waals surface area contributed by atoms with E-state index in [0.29, 0.717) is 5.92 Å². The fraction of sp³-hybridized carbons (Fsp3) is 0.692. The molecular formula is C13H20IN3O. The highest BCUT2D eigenvalue weighted by atomic mass is 127. The van der Waals surface area contributed by atoms with Crippen LogP contribution >= 0.6 is 22.6 Å². The molecule has 0 amide bonds. The predicted molar refractivity (Wildman–Crippen MR) is 81.0 cm³/mol. The number of aromatic nitrogens is 2. The van der Waals surface area contributed by atoms with Gasteiger partial charge in [-0.1, -0.05) is 12.8 Å². The third kappa shape index (κ3) is 3.32. The Morgan fingerprint density at radius 3 is 2.67 bits per heavy atom. The lowest BCUT2D eigenvalue weighted by Gasteiger charge is -2.13. The van der Waals surface area contributed by atoms with Gasteiger partial charge in [-0.05, 0) is 49.5 Å². The topological polar surface area (TPSA) is 49.0 Å². The molecule has 1 aromatic rings. The lowest BCUT2D eigenvalue weighted by molar-refractivity contribution is 0.408. The Balaban J connectivity index is 2.24. The zero-order chi connectivity index (χ0) is 13.1. The van der Waals surface area contributed by atoms with Crippen LogP contribution in [0.5, 0.6) is 0 Å². The molecule has 5 heteroatoms. The first-order chi connectivity index (χ1) is 8.58. The Labute approximate surface area is 121 Å². The summed E-state index contributed by atoms with van der Waals surface area (Å²) in [6.45, 7) is 0.910. The van der Waals surface area contributed by atoms with Gasteiger partial charge in [0.2, 0.25) is 0 Å². The minimum atomic E-state index is 0.0289. The van der Waals surface area contributed by atoms with Gasteiger partial charge in [-0.3, -0.25) is 4.79 Å². The van der Waals surface area contributed by atoms with Crippen LogP contribution in [-0.2, 0) is 6.42 Å². The molecule has 1 aromatic heterocycles. The molecule has 0 aromatic carbocycles. The third-order valence-corrected chi connectivity index (χ3v) is 4.52. The smallest absolute Gasteiger partial charge is 0.264 e. The number of likely N-dealkylation sites (N-methyl/N-ethyl adjacent to an activating group) is 1. The van der Waals surface area contributed by atoms with Crippen molar-refractivity contribution < 1.29 is 0 Å². The minimum absolute atomic E-state index is 0.0289. The van der Waals surface area contributed by atoms with Crippen LogP contribution in [0.15, 0.2) is 4.79 Å². The fourth-order valence-corrected chi connectivity index (χ4v) is 3.14. The largest absolute Gasteiger partial charge is 0.310 e. The summed E-state index contributed by atoms with van der Waals surface area (Å²) in [6, 6.07) is 0. The maximum absolute atomic E-state index is 11.9. The molecule has 0 unspecified atom stereocenters. The van der Waals surface area contributed by atoms with E-state index in [1.807, 2.05) is 14.1 Å². The molecule has 1 saturated carbocycles. The predicted octanol–water partition coefficient (Wildman–Crippen LogP) is 2.14. The molecule has 0 bridgehead atoms. The number of aromatic amines is 1. The molecule has 0 spiro atoms. The van der Waals surface area contributed by atoms with Gasteiger partial charge in [0.1, 0.15) is 5.82 Å². The second kappa shape index (κ2) is 6.14. The average molecular weight is 361 g/mol. The van der Waals surface area contributed by atoms with Crippen LogP contribution in [0.4, 0.5) is 0 Å². The van der Waals surface area contributed by atoms with E-state index < -0.39 is 0 Å². The van der Waals surface area contributed by atoms with Crippen molar-refractivity contribution in [2.24, 2.45) is 0 Å². The molecule has 0 saturated heterocycles.